The number of fused-ring (bicyclic) bond motifs is 12. The molecule has 0 radical (unpaired) electrons. The highest BCUT2D eigenvalue weighted by Crippen LogP contribution is 2.53. The fraction of sp³-hybridized carbons (Fsp3) is 0.0943. The molecule has 4 heteroatoms. The molecule has 0 N–H and O–H groups in total. The minimum atomic E-state index is -0.0470. The van der Waals surface area contributed by atoms with Crippen LogP contribution in [-0.4, -0.2) is 9.13 Å². The number of para-hydroxylation sites is 3. The summed E-state index contributed by atoms with van der Waals surface area (Å²) in [4.78, 5) is 4.79. The number of hydrogen-bond donors (Lipinski definition) is 0. The van der Waals surface area contributed by atoms with Crippen molar-refractivity contribution in [3.63, 3.8) is 0 Å². The van der Waals surface area contributed by atoms with Gasteiger partial charge in [0.2, 0.25) is 0 Å². The summed E-state index contributed by atoms with van der Waals surface area (Å²) in [6.45, 7) is 16.2. The van der Waals surface area contributed by atoms with Crippen LogP contribution in [0, 0.1) is 0 Å². The molecule has 0 saturated heterocycles. The molecule has 2 aliphatic rings. The lowest BCUT2D eigenvalue weighted by Crippen LogP contribution is -2.15. The summed E-state index contributed by atoms with van der Waals surface area (Å²) in [6.07, 6.45) is 0. The van der Waals surface area contributed by atoms with Crippen molar-refractivity contribution in [2.24, 2.45) is 0 Å². The van der Waals surface area contributed by atoms with Gasteiger partial charge in [0.1, 0.15) is 0 Å². The topological polar surface area (TPSA) is 16.3 Å². The van der Waals surface area contributed by atoms with Crippen LogP contribution in [0.3, 0.4) is 0 Å². The van der Waals surface area contributed by atoms with Crippen LogP contribution in [0.15, 0.2) is 382 Å². The first-order valence-electron chi connectivity index (χ1n) is 38.5. The highest BCUT2D eigenvalue weighted by Gasteiger charge is 2.37. The molecular formula is C106H84N4. The lowest BCUT2D eigenvalue weighted by atomic mass is 9.82. The molecule has 0 atom stereocenters. The molecule has 2 aliphatic carbocycles. The summed E-state index contributed by atoms with van der Waals surface area (Å²) in [5, 5.41) is 5.05. The maximum absolute atomic E-state index is 2.40. The van der Waals surface area contributed by atoms with E-state index in [0.717, 1.165) is 39.8 Å². The van der Waals surface area contributed by atoms with Crippen LogP contribution in [0.4, 0.5) is 34.1 Å². The van der Waals surface area contributed by atoms with Gasteiger partial charge in [0.05, 0.1) is 22.1 Å². The van der Waals surface area contributed by atoms with Gasteiger partial charge in [0.25, 0.3) is 0 Å². The van der Waals surface area contributed by atoms with E-state index >= 15 is 0 Å². The molecule has 0 unspecified atom stereocenters. The molecule has 20 rings (SSSR count). The Bertz CT molecular complexity index is 6440. The molecule has 0 aliphatic heterocycles. The van der Waals surface area contributed by atoms with Crippen molar-refractivity contribution in [1.29, 1.82) is 0 Å². The molecule has 0 fully saturated rings. The summed E-state index contributed by atoms with van der Waals surface area (Å²) < 4.78 is 4.76. The Balaban J connectivity index is 0.000000151. The highest BCUT2D eigenvalue weighted by molar-refractivity contribution is 6.11. The summed E-state index contributed by atoms with van der Waals surface area (Å²) in [6, 6.07) is 140. The summed E-state index contributed by atoms with van der Waals surface area (Å²) in [5.41, 5.74) is 35.8. The van der Waals surface area contributed by atoms with E-state index in [1.165, 1.54) is 144 Å². The monoisotopic (exact) mass is 1410 g/mol. The van der Waals surface area contributed by atoms with E-state index in [1.807, 2.05) is 0 Å². The number of nitrogens with zero attached hydrogens (tertiary/aromatic N) is 4. The van der Waals surface area contributed by atoms with Crippen LogP contribution in [0.25, 0.3) is 122 Å². The first-order chi connectivity index (χ1) is 53.7. The average molecular weight is 1410 g/mol. The molecule has 16 aromatic carbocycles. The van der Waals surface area contributed by atoms with Crippen LogP contribution in [-0.2, 0) is 16.2 Å². The second kappa shape index (κ2) is 26.9. The lowest BCUT2D eigenvalue weighted by molar-refractivity contribution is 0.590. The number of rotatable bonds is 12. The predicted molar refractivity (Wildman–Crippen MR) is 467 cm³/mol. The van der Waals surface area contributed by atoms with Crippen molar-refractivity contribution < 1.29 is 0 Å². The first-order valence-corrected chi connectivity index (χ1v) is 38.5. The molecule has 528 valence electrons. The SMILES string of the molecule is CC(C)(C)c1ccc(N(c2ccc(-c3ccc(-n4c5ccccc5c5ccccc54)cc3)cc2)c2ccc3c(c2)-c2ccccc2C3(C)C)cc1.CC1(C)c2ccccc2-c2cc(N(c3ccc(-c4ccccc4)cc3)c3ccc(-c4ccc5c(c4)c4ccccc4n5-c4ccc(-c5ccccc5)cc4)cc3)ccc21. The van der Waals surface area contributed by atoms with Gasteiger partial charge in [0, 0.05) is 77.9 Å². The van der Waals surface area contributed by atoms with Crippen molar-refractivity contribution in [1.82, 2.24) is 9.13 Å². The molecule has 2 aromatic heterocycles. The van der Waals surface area contributed by atoms with Crippen LogP contribution >= 0.6 is 0 Å². The van der Waals surface area contributed by atoms with Crippen molar-refractivity contribution in [2.75, 3.05) is 9.80 Å². The van der Waals surface area contributed by atoms with E-state index in [-0.39, 0.29) is 16.2 Å². The quantitative estimate of drug-likeness (QED) is 0.121. The zero-order valence-electron chi connectivity index (χ0n) is 63.2. The van der Waals surface area contributed by atoms with Gasteiger partial charge in [-0.3, -0.25) is 0 Å². The minimum Gasteiger partial charge on any atom is -0.310 e. The van der Waals surface area contributed by atoms with Gasteiger partial charge in [0.15, 0.2) is 0 Å². The third kappa shape index (κ3) is 11.7. The van der Waals surface area contributed by atoms with Gasteiger partial charge in [-0.2, -0.15) is 0 Å². The second-order valence-corrected chi connectivity index (χ2v) is 31.7. The predicted octanol–water partition coefficient (Wildman–Crippen LogP) is 29.1. The Kier molecular flexibility index (Phi) is 16.5. The number of anilines is 6. The van der Waals surface area contributed by atoms with Crippen molar-refractivity contribution in [3.8, 4) is 78.1 Å². The summed E-state index contributed by atoms with van der Waals surface area (Å²) in [7, 11) is 0. The van der Waals surface area contributed by atoms with Crippen molar-refractivity contribution >= 4 is 77.7 Å². The van der Waals surface area contributed by atoms with Crippen LogP contribution in [0.1, 0.15) is 76.3 Å². The highest BCUT2D eigenvalue weighted by atomic mass is 15.1. The summed E-state index contributed by atoms with van der Waals surface area (Å²) in [5.74, 6) is 0. The van der Waals surface area contributed by atoms with E-state index < -0.39 is 0 Å². The largest absolute Gasteiger partial charge is 0.310 e. The Morgan fingerprint density at radius 1 is 0.218 bits per heavy atom. The molecule has 0 bridgehead atoms. The Hall–Kier alpha value is -13.3. The van der Waals surface area contributed by atoms with Gasteiger partial charge < -0.3 is 18.9 Å². The number of hydrogen-bond acceptors (Lipinski definition) is 2. The van der Waals surface area contributed by atoms with Crippen molar-refractivity contribution in [2.45, 2.75) is 64.7 Å². The van der Waals surface area contributed by atoms with Gasteiger partial charge in [-0.25, -0.2) is 0 Å². The third-order valence-electron chi connectivity index (χ3n) is 23.4. The molecule has 0 spiro atoms. The summed E-state index contributed by atoms with van der Waals surface area (Å²) >= 11 is 0. The molecule has 110 heavy (non-hydrogen) atoms. The Labute approximate surface area is 645 Å². The molecular weight excluding hydrogens is 1330 g/mol. The lowest BCUT2D eigenvalue weighted by Gasteiger charge is -2.28. The van der Waals surface area contributed by atoms with Gasteiger partial charge >= 0.3 is 0 Å². The molecule has 0 saturated carbocycles. The average Bonchev–Trinajstić information content (AvgIpc) is 1.59. The van der Waals surface area contributed by atoms with E-state index in [9.17, 15) is 0 Å². The number of aromatic nitrogens is 2. The van der Waals surface area contributed by atoms with Crippen molar-refractivity contribution in [3.05, 3.63) is 410 Å². The van der Waals surface area contributed by atoms with E-state index in [1.54, 1.807) is 0 Å². The van der Waals surface area contributed by atoms with Crippen LogP contribution in [0.2, 0.25) is 0 Å². The van der Waals surface area contributed by atoms with Gasteiger partial charge in [-0.05, 0) is 227 Å². The zero-order valence-corrected chi connectivity index (χ0v) is 63.2. The zero-order chi connectivity index (χ0) is 74.4. The van der Waals surface area contributed by atoms with Gasteiger partial charge in [-0.1, -0.05) is 303 Å². The molecule has 4 nitrogen and oxygen atoms in total. The minimum absolute atomic E-state index is 0.0254. The normalized spacial score (nSPS) is 13.0. The Morgan fingerprint density at radius 3 is 0.891 bits per heavy atom. The molecule has 0 amide bonds. The maximum Gasteiger partial charge on any atom is 0.0541 e. The van der Waals surface area contributed by atoms with E-state index in [2.05, 4.69) is 450 Å². The van der Waals surface area contributed by atoms with Crippen LogP contribution < -0.4 is 9.80 Å². The molecule has 2 heterocycles. The van der Waals surface area contributed by atoms with E-state index in [4.69, 9.17) is 0 Å². The number of benzene rings is 16. The van der Waals surface area contributed by atoms with E-state index in [0.29, 0.717) is 0 Å². The first kappa shape index (κ1) is 67.3. The molecule has 18 aromatic rings. The maximum atomic E-state index is 2.40. The van der Waals surface area contributed by atoms with Gasteiger partial charge in [-0.15, -0.1) is 0 Å². The fourth-order valence-electron chi connectivity index (χ4n) is 17.6. The second-order valence-electron chi connectivity index (χ2n) is 31.7. The van der Waals surface area contributed by atoms with Crippen LogP contribution in [0.5, 0.6) is 0 Å². The Morgan fingerprint density at radius 2 is 0.500 bits per heavy atom. The fourth-order valence-corrected chi connectivity index (χ4v) is 17.6. The standard InChI is InChI=1S/C57H42N2.C49H42N2/c1-57(2)53-19-11-9-17-49(53)51-38-48(34-35-54(51)57)58(45-28-21-41(22-29-45)39-13-5-3-6-14-39)46-30-25-43(26-31-46)44-27-36-56-52(37-44)50-18-10-12-20-55(50)59(56)47-32-23-42(24-33-47)40-15-7-4-8-16-40;1-48(2,3)35-22-28-37(29-23-35)50(39-30-31-45-43(32-39)40-12-6-9-15-44(40)49(45,4)5)36-24-18-33(19-25-36)34-20-26-38(27-21-34)51-46-16-10-7-13-41(46)42-14-8-11-17-47(42)51/h3-38H,1-2H3;6-32H,1-5H3. The smallest absolute Gasteiger partial charge is 0.0541 e. The third-order valence-corrected chi connectivity index (χ3v) is 23.4.